The van der Waals surface area contributed by atoms with Crippen molar-refractivity contribution in [1.82, 2.24) is 79.1 Å². The van der Waals surface area contributed by atoms with Gasteiger partial charge in [0.05, 0.1) is 19.1 Å². The first kappa shape index (κ1) is 95.6. The second kappa shape index (κ2) is 46.6. The number of nitrogens with two attached hydrogens (primary N) is 6. The lowest BCUT2D eigenvalue weighted by Crippen LogP contribution is -2.68. The van der Waals surface area contributed by atoms with Crippen LogP contribution in [0.3, 0.4) is 0 Å². The Balaban J connectivity index is 1.48. The van der Waals surface area contributed by atoms with Gasteiger partial charge in [0, 0.05) is 99.0 Å². The average molecular weight is 1680 g/mol. The van der Waals surface area contributed by atoms with E-state index in [1.807, 2.05) is 0 Å². The van der Waals surface area contributed by atoms with Gasteiger partial charge in [-0.15, -0.1) is 0 Å². The van der Waals surface area contributed by atoms with Crippen LogP contribution in [-0.4, -0.2) is 231 Å². The van der Waals surface area contributed by atoms with Gasteiger partial charge in [-0.3, -0.25) is 81.5 Å². The molecule has 2 aromatic heterocycles. The molecule has 119 heavy (non-hydrogen) atoms. The fourth-order valence-electron chi connectivity index (χ4n) is 13.0. The molecular formula is C78H111N21O19S. The number of carbonyl (C=O) groups excluding carboxylic acids is 17. The molecule has 41 heteroatoms. The number of hydrogen-bond donors (Lipinski definition) is 22. The number of benzene rings is 3. The van der Waals surface area contributed by atoms with Crippen molar-refractivity contribution >= 4 is 134 Å². The number of primary amides is 4. The van der Waals surface area contributed by atoms with E-state index in [0.29, 0.717) is 50.7 Å². The molecule has 1 fully saturated rings. The summed E-state index contributed by atoms with van der Waals surface area (Å²) in [5, 5.41) is 46.0. The molecule has 0 unspecified atom stereocenters. The molecule has 1 aliphatic heterocycles. The third-order valence-corrected chi connectivity index (χ3v) is 20.6. The SMILES string of the molecule is CC(=O)NCCCC[C@H](NC(=O)[C@](C)(CCCCN)NC(=O)[C@](C)(Cc1c[nH]c2ccccc12)NC(=O)[C@H](Cc1ccc(OCCN)cc1)NC(=O)[C@@H]1CSCC[C@H](NC(C)=O)C(=O)N[C@@H](CCC(N)=O)C(=O)N[C@@H]([C@@H](C)O)C(=O)N[C@@H](Cc2c[nH]c3ccccc23)C(=O)N[C@@H](CCC(N)=O)C(=O)N1)C(=O)N[C@@H](CC(N)=O)C(=O)NCC(N)=O. The van der Waals surface area contributed by atoms with E-state index >= 15 is 28.8 Å². The Morgan fingerprint density at radius 2 is 1.18 bits per heavy atom. The van der Waals surface area contributed by atoms with Crippen molar-refractivity contribution in [3.63, 3.8) is 0 Å². The summed E-state index contributed by atoms with van der Waals surface area (Å²) in [4.78, 5) is 244. The van der Waals surface area contributed by atoms with E-state index < -0.39 is 217 Å². The van der Waals surface area contributed by atoms with Crippen LogP contribution < -0.4 is 108 Å². The summed E-state index contributed by atoms with van der Waals surface area (Å²) in [5.74, 6) is -16.8. The summed E-state index contributed by atoms with van der Waals surface area (Å²) in [6.45, 7) is 6.10. The first-order valence-electron chi connectivity index (χ1n) is 38.9. The molecule has 0 bridgehead atoms. The van der Waals surface area contributed by atoms with Gasteiger partial charge in [0.1, 0.15) is 77.8 Å². The maximum Gasteiger partial charge on any atom is 0.246 e. The van der Waals surface area contributed by atoms with Crippen LogP contribution in [0.5, 0.6) is 5.75 Å². The lowest BCUT2D eigenvalue weighted by Gasteiger charge is -2.37. The van der Waals surface area contributed by atoms with Crippen LogP contribution >= 0.6 is 11.8 Å². The molecule has 3 aromatic carbocycles. The van der Waals surface area contributed by atoms with Gasteiger partial charge in [0.25, 0.3) is 0 Å². The Labute approximate surface area is 690 Å². The van der Waals surface area contributed by atoms with Crippen LogP contribution in [0.15, 0.2) is 85.2 Å². The van der Waals surface area contributed by atoms with E-state index in [2.05, 4.69) is 79.1 Å². The van der Waals surface area contributed by atoms with Gasteiger partial charge in [0.2, 0.25) is 100 Å². The van der Waals surface area contributed by atoms with Crippen molar-refractivity contribution in [2.45, 2.75) is 202 Å². The van der Waals surface area contributed by atoms with Crippen LogP contribution in [0.2, 0.25) is 0 Å². The minimum absolute atomic E-state index is 0.116. The summed E-state index contributed by atoms with van der Waals surface area (Å²) in [6, 6.07) is 4.91. The molecule has 0 spiro atoms. The number of amides is 17. The lowest BCUT2D eigenvalue weighted by atomic mass is 9.87. The Hall–Kier alpha value is -12.2. The quantitative estimate of drug-likeness (QED) is 0.0163. The zero-order chi connectivity index (χ0) is 87.7. The summed E-state index contributed by atoms with van der Waals surface area (Å²) < 4.78 is 5.74. The maximum atomic E-state index is 16.0. The number of aromatic amines is 2. The highest BCUT2D eigenvalue weighted by molar-refractivity contribution is 7.99. The molecule has 17 amide bonds. The van der Waals surface area contributed by atoms with E-state index in [0.717, 1.165) is 25.6 Å². The second-order valence-electron chi connectivity index (χ2n) is 29.5. The molecule has 0 radical (unpaired) electrons. The van der Waals surface area contributed by atoms with Gasteiger partial charge in [0.15, 0.2) is 0 Å². The molecule has 1 aliphatic rings. The van der Waals surface area contributed by atoms with Gasteiger partial charge >= 0.3 is 0 Å². The number of carbonyl (C=O) groups is 17. The number of rotatable bonds is 41. The van der Waals surface area contributed by atoms with Gasteiger partial charge in [-0.1, -0.05) is 48.5 Å². The average Bonchev–Trinajstić information content (AvgIpc) is 1.77. The molecule has 12 atom stereocenters. The monoisotopic (exact) mass is 1680 g/mol. The number of aliphatic hydroxyl groups excluding tert-OH is 1. The Bertz CT molecular complexity index is 4440. The summed E-state index contributed by atoms with van der Waals surface area (Å²) in [5.41, 5.74) is 31.9. The van der Waals surface area contributed by atoms with Crippen LogP contribution in [-0.2, 0) is 101 Å². The Morgan fingerprint density at radius 1 is 0.580 bits per heavy atom. The van der Waals surface area contributed by atoms with Crippen LogP contribution in [0, 0.1) is 0 Å². The number of para-hydroxylation sites is 2. The highest BCUT2D eigenvalue weighted by Crippen LogP contribution is 2.27. The number of aromatic nitrogens is 2. The first-order chi connectivity index (χ1) is 56.4. The van der Waals surface area contributed by atoms with Crippen molar-refractivity contribution in [2.75, 3.05) is 44.3 Å². The second-order valence-corrected chi connectivity index (χ2v) is 30.7. The highest BCUT2D eigenvalue weighted by atomic mass is 32.2. The normalized spacial score (nSPS) is 19.0. The topological polar surface area (TPSA) is 664 Å². The van der Waals surface area contributed by atoms with Crippen molar-refractivity contribution in [3.05, 3.63) is 102 Å². The third kappa shape index (κ3) is 30.6. The largest absolute Gasteiger partial charge is 0.492 e. The summed E-state index contributed by atoms with van der Waals surface area (Å²) in [6.07, 6.45) is -2.21. The zero-order valence-corrected chi connectivity index (χ0v) is 67.9. The number of thioether (sulfide) groups is 1. The van der Waals surface area contributed by atoms with Crippen LogP contribution in [0.1, 0.15) is 128 Å². The molecule has 5 aromatic rings. The van der Waals surface area contributed by atoms with Crippen molar-refractivity contribution < 1.29 is 91.4 Å². The van der Waals surface area contributed by atoms with Gasteiger partial charge in [-0.05, 0) is 132 Å². The molecule has 1 saturated heterocycles. The molecule has 0 aliphatic carbocycles. The molecular weight excluding hydrogens is 1570 g/mol. The number of H-pyrrole nitrogens is 2. The smallest absolute Gasteiger partial charge is 0.246 e. The number of hydrogen-bond acceptors (Lipinski definition) is 22. The van der Waals surface area contributed by atoms with Gasteiger partial charge in [-0.25, -0.2) is 0 Å². The molecule has 648 valence electrons. The van der Waals surface area contributed by atoms with Crippen molar-refractivity contribution in [1.29, 1.82) is 0 Å². The zero-order valence-electron chi connectivity index (χ0n) is 67.1. The van der Waals surface area contributed by atoms with E-state index in [9.17, 15) is 57.8 Å². The fourth-order valence-corrected chi connectivity index (χ4v) is 14.1. The number of nitrogens with one attached hydrogen (secondary N) is 15. The fraction of sp³-hybridized carbons (Fsp3) is 0.500. The first-order valence-corrected chi connectivity index (χ1v) is 40.1. The van der Waals surface area contributed by atoms with E-state index in [-0.39, 0.29) is 89.3 Å². The molecule has 3 heterocycles. The summed E-state index contributed by atoms with van der Waals surface area (Å²) in [7, 11) is 0. The minimum atomic E-state index is -2.18. The lowest BCUT2D eigenvalue weighted by molar-refractivity contribution is -0.140. The number of ether oxygens (including phenoxy) is 1. The van der Waals surface area contributed by atoms with Crippen molar-refractivity contribution in [2.24, 2.45) is 34.4 Å². The predicted molar refractivity (Wildman–Crippen MR) is 437 cm³/mol. The maximum absolute atomic E-state index is 16.0. The highest BCUT2D eigenvalue weighted by Gasteiger charge is 2.46. The minimum Gasteiger partial charge on any atom is -0.492 e. The number of fused-ring (bicyclic) bond motifs is 2. The Morgan fingerprint density at radius 3 is 1.76 bits per heavy atom. The van der Waals surface area contributed by atoms with Crippen molar-refractivity contribution in [3.8, 4) is 5.75 Å². The molecule has 28 N–H and O–H groups in total. The molecule has 0 saturated carbocycles. The van der Waals surface area contributed by atoms with E-state index in [1.165, 1.54) is 20.8 Å². The number of unbranched alkanes of at least 4 members (excludes halogenated alkanes) is 2. The predicted octanol–water partition coefficient (Wildman–Crippen LogP) is -4.89. The Kier molecular flexibility index (Phi) is 37.5. The number of aliphatic hydroxyl groups is 1. The van der Waals surface area contributed by atoms with Gasteiger partial charge in [-0.2, -0.15) is 11.8 Å². The van der Waals surface area contributed by atoms with E-state index in [1.54, 1.807) is 85.2 Å². The molecule has 6 rings (SSSR count). The summed E-state index contributed by atoms with van der Waals surface area (Å²) >= 11 is 0.926. The molecule has 40 nitrogen and oxygen atoms in total. The van der Waals surface area contributed by atoms with Crippen LogP contribution in [0.25, 0.3) is 21.8 Å². The van der Waals surface area contributed by atoms with Crippen LogP contribution in [0.4, 0.5) is 0 Å². The standard InChI is InChI=1S/C78H111N21O19S/c1-42(100)65-74(115)94-58(35-46-38-86-51-16-8-6-14-49(46)51)71(112)91-54(23-25-61(81)103)68(109)95-60(41-119-33-27-56(89-44(3)102)69(110)90-55(70(111)97-65)24-26-62(82)104)72(113)92-57(34-45-19-21-48(22-20-45)118-32-30-80)73(114)98-78(5,37-47-39-87-52-17-9-7-15-50(47)52)76(117)99-77(4,28-11-12-29-79)75(116)96-53(18-10-13-31-85-43(2)101)67(108)93-59(36-63(83)105)66(107)88-40-64(84)106/h6-9,14-17,19-22,38-39,42,53-60,65,86-87,100H,10-13,18,23-37,40-41,79-80H2,1-5H3,(H2,81,103)(H2,82,104)(H2,83,105)(H2,84,106)(H,85,101)(H,88,107)(H,89,102)(H,90,110)(H,91,112)(H,92,113)(H,93,108)(H,94,115)(H,95,109)(H,96,116)(H,97,111)(H,98,114)(H,99,117)/t42-,53+,54+,55+,56+,57+,58+,59+,60+,65+,77+,78+/m1/s1. The third-order valence-electron chi connectivity index (χ3n) is 19.5. The van der Waals surface area contributed by atoms with Gasteiger partial charge < -0.3 is 123 Å². The van der Waals surface area contributed by atoms with E-state index in [4.69, 9.17) is 39.1 Å².